The number of thiol groups is 1. The standard InChI is InChI=1S/C8H14O4S/c9-7(10)4-3-6(8(11)12)2-1-5-13/h6,13H,1-5H2,(H,9,10)(H,11,12)/t6-/m0/s1. The highest BCUT2D eigenvalue weighted by Crippen LogP contribution is 2.14. The highest BCUT2D eigenvalue weighted by molar-refractivity contribution is 7.80. The van der Waals surface area contributed by atoms with E-state index in [1.54, 1.807) is 0 Å². The van der Waals surface area contributed by atoms with Crippen molar-refractivity contribution in [2.45, 2.75) is 25.7 Å². The number of carboxylic acids is 2. The molecule has 4 nitrogen and oxygen atoms in total. The largest absolute Gasteiger partial charge is 0.481 e. The van der Waals surface area contributed by atoms with Crippen LogP contribution >= 0.6 is 12.6 Å². The molecule has 0 heterocycles. The molecule has 2 N–H and O–H groups in total. The van der Waals surface area contributed by atoms with E-state index in [-0.39, 0.29) is 12.8 Å². The number of rotatable bonds is 7. The van der Waals surface area contributed by atoms with E-state index in [0.717, 1.165) is 0 Å². The molecule has 0 aliphatic heterocycles. The number of hydrogen-bond acceptors (Lipinski definition) is 3. The Morgan fingerprint density at radius 2 is 1.85 bits per heavy atom. The van der Waals surface area contributed by atoms with Gasteiger partial charge in [-0.3, -0.25) is 9.59 Å². The van der Waals surface area contributed by atoms with Crippen LogP contribution in [0.2, 0.25) is 0 Å². The molecule has 1 atom stereocenters. The fourth-order valence-electron chi connectivity index (χ4n) is 1.03. The third-order valence-electron chi connectivity index (χ3n) is 1.77. The molecule has 0 saturated carbocycles. The van der Waals surface area contributed by atoms with Crippen molar-refractivity contribution < 1.29 is 19.8 Å². The summed E-state index contributed by atoms with van der Waals surface area (Å²) in [6.07, 6.45) is 1.34. The summed E-state index contributed by atoms with van der Waals surface area (Å²) in [6, 6.07) is 0. The maximum atomic E-state index is 10.6. The Morgan fingerprint density at radius 3 is 2.23 bits per heavy atom. The van der Waals surface area contributed by atoms with E-state index < -0.39 is 17.9 Å². The molecule has 0 aromatic rings. The fraction of sp³-hybridized carbons (Fsp3) is 0.750. The van der Waals surface area contributed by atoms with Crippen LogP contribution in [0.5, 0.6) is 0 Å². The van der Waals surface area contributed by atoms with Gasteiger partial charge in [0.1, 0.15) is 0 Å². The van der Waals surface area contributed by atoms with Gasteiger partial charge >= 0.3 is 11.9 Å². The van der Waals surface area contributed by atoms with Gasteiger partial charge in [0.2, 0.25) is 0 Å². The molecule has 5 heteroatoms. The molecule has 0 saturated heterocycles. The minimum atomic E-state index is -0.947. The molecule has 0 rings (SSSR count). The molecule has 0 spiro atoms. The van der Waals surface area contributed by atoms with Gasteiger partial charge in [-0.1, -0.05) is 0 Å². The first-order valence-corrected chi connectivity index (χ1v) is 4.76. The second-order valence-corrected chi connectivity index (χ2v) is 3.28. The lowest BCUT2D eigenvalue weighted by Crippen LogP contribution is -2.15. The van der Waals surface area contributed by atoms with Gasteiger partial charge < -0.3 is 10.2 Å². The van der Waals surface area contributed by atoms with Crippen LogP contribution in [0.4, 0.5) is 0 Å². The van der Waals surface area contributed by atoms with Gasteiger partial charge in [-0.05, 0) is 25.0 Å². The average molecular weight is 206 g/mol. The van der Waals surface area contributed by atoms with Crippen LogP contribution in [0, 0.1) is 5.92 Å². The van der Waals surface area contributed by atoms with Crippen molar-refractivity contribution in [3.63, 3.8) is 0 Å². The SMILES string of the molecule is O=C(O)CC[C@H](CCCS)C(=O)O. The van der Waals surface area contributed by atoms with Gasteiger partial charge in [0.25, 0.3) is 0 Å². The maximum Gasteiger partial charge on any atom is 0.306 e. The zero-order chi connectivity index (χ0) is 10.3. The Labute approximate surface area is 82.4 Å². The first-order valence-electron chi connectivity index (χ1n) is 4.13. The summed E-state index contributed by atoms with van der Waals surface area (Å²) in [6.45, 7) is 0. The van der Waals surface area contributed by atoms with E-state index in [1.165, 1.54) is 0 Å². The van der Waals surface area contributed by atoms with Crippen molar-refractivity contribution in [1.82, 2.24) is 0 Å². The minimum Gasteiger partial charge on any atom is -0.481 e. The number of hydrogen-bond donors (Lipinski definition) is 3. The van der Waals surface area contributed by atoms with E-state index in [0.29, 0.717) is 18.6 Å². The van der Waals surface area contributed by atoms with Crippen LogP contribution in [0.1, 0.15) is 25.7 Å². The lowest BCUT2D eigenvalue weighted by molar-refractivity contribution is -0.143. The third-order valence-corrected chi connectivity index (χ3v) is 2.08. The van der Waals surface area contributed by atoms with E-state index in [4.69, 9.17) is 10.2 Å². The average Bonchev–Trinajstić information content (AvgIpc) is 2.03. The molecule has 0 aliphatic rings. The Hall–Kier alpha value is -0.710. The highest BCUT2D eigenvalue weighted by atomic mass is 32.1. The van der Waals surface area contributed by atoms with Crippen LogP contribution in [0.25, 0.3) is 0 Å². The van der Waals surface area contributed by atoms with Crippen LogP contribution in [0.3, 0.4) is 0 Å². The van der Waals surface area contributed by atoms with E-state index >= 15 is 0 Å². The topological polar surface area (TPSA) is 74.6 Å². The summed E-state index contributed by atoms with van der Waals surface area (Å²) in [5, 5.41) is 17.1. The summed E-state index contributed by atoms with van der Waals surface area (Å²) in [5.74, 6) is -1.76. The predicted octanol–water partition coefficient (Wildman–Crippen LogP) is 1.26. The smallest absolute Gasteiger partial charge is 0.306 e. The Bertz CT molecular complexity index is 181. The molecule has 0 bridgehead atoms. The predicted molar refractivity (Wildman–Crippen MR) is 51.1 cm³/mol. The molecule has 0 aromatic heterocycles. The van der Waals surface area contributed by atoms with Crippen LogP contribution < -0.4 is 0 Å². The molecule has 0 aromatic carbocycles. The lowest BCUT2D eigenvalue weighted by atomic mass is 9.98. The second-order valence-electron chi connectivity index (χ2n) is 2.83. The molecule has 76 valence electrons. The summed E-state index contributed by atoms with van der Waals surface area (Å²) >= 11 is 3.96. The van der Waals surface area contributed by atoms with Crippen molar-refractivity contribution in [3.05, 3.63) is 0 Å². The lowest BCUT2D eigenvalue weighted by Gasteiger charge is -2.09. The van der Waals surface area contributed by atoms with Crippen molar-refractivity contribution >= 4 is 24.6 Å². The monoisotopic (exact) mass is 206 g/mol. The van der Waals surface area contributed by atoms with Crippen molar-refractivity contribution in [2.24, 2.45) is 5.92 Å². The molecular weight excluding hydrogens is 192 g/mol. The Morgan fingerprint density at radius 1 is 1.23 bits per heavy atom. The normalized spacial score (nSPS) is 12.4. The van der Waals surface area contributed by atoms with E-state index in [9.17, 15) is 9.59 Å². The number of aliphatic carboxylic acids is 2. The zero-order valence-corrected chi connectivity index (χ0v) is 8.17. The van der Waals surface area contributed by atoms with Gasteiger partial charge in [0.15, 0.2) is 0 Å². The first kappa shape index (κ1) is 12.3. The van der Waals surface area contributed by atoms with Crippen molar-refractivity contribution in [1.29, 1.82) is 0 Å². The molecule has 0 amide bonds. The summed E-state index contributed by atoms with van der Waals surface area (Å²) in [5.41, 5.74) is 0. The number of carbonyl (C=O) groups is 2. The Kier molecular flexibility index (Phi) is 6.40. The maximum absolute atomic E-state index is 10.6. The van der Waals surface area contributed by atoms with Crippen molar-refractivity contribution in [3.8, 4) is 0 Å². The van der Waals surface area contributed by atoms with Crippen LogP contribution in [-0.2, 0) is 9.59 Å². The Balaban J connectivity index is 3.80. The summed E-state index contributed by atoms with van der Waals surface area (Å²) < 4.78 is 0. The summed E-state index contributed by atoms with van der Waals surface area (Å²) in [4.78, 5) is 20.8. The van der Waals surface area contributed by atoms with Gasteiger partial charge in [-0.2, -0.15) is 12.6 Å². The molecule has 0 unspecified atom stereocenters. The quantitative estimate of drug-likeness (QED) is 0.548. The molecule has 0 fully saturated rings. The zero-order valence-electron chi connectivity index (χ0n) is 7.27. The molecular formula is C8H14O4S. The van der Waals surface area contributed by atoms with Gasteiger partial charge in [0, 0.05) is 6.42 Å². The van der Waals surface area contributed by atoms with Gasteiger partial charge in [0.05, 0.1) is 5.92 Å². The van der Waals surface area contributed by atoms with E-state index in [2.05, 4.69) is 12.6 Å². The summed E-state index contributed by atoms with van der Waals surface area (Å²) in [7, 11) is 0. The van der Waals surface area contributed by atoms with E-state index in [1.807, 2.05) is 0 Å². The van der Waals surface area contributed by atoms with Crippen LogP contribution in [-0.4, -0.2) is 27.9 Å². The third kappa shape index (κ3) is 6.45. The molecule has 13 heavy (non-hydrogen) atoms. The second kappa shape index (κ2) is 6.77. The first-order chi connectivity index (χ1) is 6.07. The minimum absolute atomic E-state index is 0.0798. The van der Waals surface area contributed by atoms with Crippen molar-refractivity contribution in [2.75, 3.05) is 5.75 Å². The fourth-order valence-corrected chi connectivity index (χ4v) is 1.21. The molecule has 0 radical (unpaired) electrons. The number of carboxylic acid groups (broad SMARTS) is 2. The van der Waals surface area contributed by atoms with Gasteiger partial charge in [-0.25, -0.2) is 0 Å². The molecule has 0 aliphatic carbocycles. The van der Waals surface area contributed by atoms with Crippen LogP contribution in [0.15, 0.2) is 0 Å². The highest BCUT2D eigenvalue weighted by Gasteiger charge is 2.17. The van der Waals surface area contributed by atoms with Gasteiger partial charge in [-0.15, -0.1) is 0 Å².